The molecule has 0 spiro atoms. The fourth-order valence-corrected chi connectivity index (χ4v) is 9.86. The lowest BCUT2D eigenvalue weighted by Crippen LogP contribution is -2.49. The maximum absolute atomic E-state index is 13.4. The van der Waals surface area contributed by atoms with Crippen LogP contribution in [0, 0.1) is 6.92 Å². The Morgan fingerprint density at radius 2 is 1.42 bits per heavy atom. The minimum atomic E-state index is -1.97. The average Bonchev–Trinajstić information content (AvgIpc) is 2.94. The lowest BCUT2D eigenvalue weighted by molar-refractivity contribution is 0.158. The van der Waals surface area contributed by atoms with Crippen LogP contribution in [-0.4, -0.2) is 53.5 Å². The Morgan fingerprint density at radius 3 is 1.95 bits per heavy atom. The van der Waals surface area contributed by atoms with Gasteiger partial charge in [-0.3, -0.25) is 0 Å². The fourth-order valence-electron chi connectivity index (χ4n) is 5.71. The van der Waals surface area contributed by atoms with Crippen molar-refractivity contribution in [2.45, 2.75) is 59.7 Å². The molecular formula is C31H43NO5Si. The molecule has 0 unspecified atom stereocenters. The van der Waals surface area contributed by atoms with Crippen molar-refractivity contribution < 1.29 is 23.7 Å². The van der Waals surface area contributed by atoms with Crippen molar-refractivity contribution in [2.75, 3.05) is 34.4 Å². The number of methoxy groups -OCH3 is 3. The second-order valence-corrected chi connectivity index (χ2v) is 14.7. The summed E-state index contributed by atoms with van der Waals surface area (Å²) in [5.41, 5.74) is 2.82. The molecule has 6 nitrogen and oxygen atoms in total. The monoisotopic (exact) mass is 537 g/mol. The van der Waals surface area contributed by atoms with Crippen molar-refractivity contribution in [3.8, 4) is 34.1 Å². The molecule has 0 saturated heterocycles. The second kappa shape index (κ2) is 12.6. The maximum Gasteiger partial charge on any atom is 0.415 e. The summed E-state index contributed by atoms with van der Waals surface area (Å²) in [7, 11) is 3.00. The molecule has 0 N–H and O–H groups in total. The Kier molecular flexibility index (Phi) is 9.71. The quantitative estimate of drug-likeness (QED) is 0.239. The molecule has 0 heterocycles. The molecule has 3 rings (SSSR count). The number of hydrogen-bond donors (Lipinski definition) is 0. The van der Waals surface area contributed by atoms with Gasteiger partial charge in [0.1, 0.15) is 23.0 Å². The second-order valence-electron chi connectivity index (χ2n) is 9.56. The molecule has 0 radical (unpaired) electrons. The van der Waals surface area contributed by atoms with Gasteiger partial charge in [-0.15, -0.1) is 0 Å². The van der Waals surface area contributed by atoms with E-state index in [9.17, 15) is 4.79 Å². The maximum atomic E-state index is 13.4. The number of ether oxygens (including phenoxy) is 4. The van der Waals surface area contributed by atoms with Gasteiger partial charge in [0.2, 0.25) is 0 Å². The lowest BCUT2D eigenvalue weighted by atomic mass is 9.96. The van der Waals surface area contributed by atoms with E-state index in [1.807, 2.05) is 44.2 Å². The summed E-state index contributed by atoms with van der Waals surface area (Å²) in [6.07, 6.45) is -0.331. The van der Waals surface area contributed by atoms with Crippen molar-refractivity contribution in [3.05, 3.63) is 42.0 Å². The van der Waals surface area contributed by atoms with E-state index >= 15 is 0 Å². The van der Waals surface area contributed by atoms with E-state index in [-0.39, 0.29) is 6.09 Å². The Balaban J connectivity index is 2.48. The first-order chi connectivity index (χ1) is 18.3. The minimum absolute atomic E-state index is 0.331. The molecule has 0 saturated carbocycles. The standard InChI is InChI=1S/C31H43NO5Si/c1-10-32(11-2)31(33)37-29-22(19-18-21(6)30(29)38(12-3,13-4)14-5)24-20-26(35-8)27-23(28(24)36-9)16-15-17-25(27)34-7/h15-20H,10-14H2,1-9H3. The first kappa shape index (κ1) is 29.4. The van der Waals surface area contributed by atoms with Crippen molar-refractivity contribution in [3.63, 3.8) is 0 Å². The van der Waals surface area contributed by atoms with Gasteiger partial charge in [-0.1, -0.05) is 63.2 Å². The highest BCUT2D eigenvalue weighted by molar-refractivity contribution is 6.92. The number of nitrogens with zero attached hydrogens (tertiary/aromatic N) is 1. The molecule has 0 fully saturated rings. The first-order valence-electron chi connectivity index (χ1n) is 13.6. The van der Waals surface area contributed by atoms with Gasteiger partial charge in [0, 0.05) is 29.6 Å². The molecule has 3 aromatic carbocycles. The Labute approximate surface area is 228 Å². The molecule has 1 amide bonds. The van der Waals surface area contributed by atoms with Gasteiger partial charge in [0.05, 0.1) is 34.8 Å². The summed E-state index contributed by atoms with van der Waals surface area (Å²) in [4.78, 5) is 15.1. The zero-order chi connectivity index (χ0) is 28.0. The van der Waals surface area contributed by atoms with Crippen LogP contribution in [0.4, 0.5) is 4.79 Å². The summed E-state index contributed by atoms with van der Waals surface area (Å²) in [6.45, 7) is 14.0. The molecule has 38 heavy (non-hydrogen) atoms. The van der Waals surface area contributed by atoms with Gasteiger partial charge in [-0.25, -0.2) is 4.79 Å². The molecule has 0 aromatic heterocycles. The molecular weight excluding hydrogens is 494 g/mol. The van der Waals surface area contributed by atoms with Gasteiger partial charge >= 0.3 is 6.09 Å². The number of carbonyl (C=O) groups is 1. The van der Waals surface area contributed by atoms with Gasteiger partial charge < -0.3 is 23.8 Å². The van der Waals surface area contributed by atoms with Crippen LogP contribution in [0.15, 0.2) is 36.4 Å². The first-order valence-corrected chi connectivity index (χ1v) is 16.3. The van der Waals surface area contributed by atoms with Crippen LogP contribution in [0.2, 0.25) is 18.1 Å². The highest BCUT2D eigenvalue weighted by Gasteiger charge is 2.36. The van der Waals surface area contributed by atoms with E-state index in [4.69, 9.17) is 18.9 Å². The van der Waals surface area contributed by atoms with Crippen LogP contribution in [0.5, 0.6) is 23.0 Å². The molecule has 0 atom stereocenters. The van der Waals surface area contributed by atoms with Crippen molar-refractivity contribution in [1.29, 1.82) is 0 Å². The van der Waals surface area contributed by atoms with E-state index in [0.29, 0.717) is 36.1 Å². The molecule has 7 heteroatoms. The smallest absolute Gasteiger partial charge is 0.415 e. The summed E-state index contributed by atoms with van der Waals surface area (Å²) >= 11 is 0. The van der Waals surface area contributed by atoms with E-state index in [0.717, 1.165) is 40.0 Å². The summed E-state index contributed by atoms with van der Waals surface area (Å²) in [5.74, 6) is 2.71. The predicted molar refractivity (Wildman–Crippen MR) is 160 cm³/mol. The zero-order valence-electron chi connectivity index (χ0n) is 24.5. The largest absolute Gasteiger partial charge is 0.496 e. The van der Waals surface area contributed by atoms with Gasteiger partial charge in [-0.2, -0.15) is 0 Å². The van der Waals surface area contributed by atoms with Crippen LogP contribution in [0.1, 0.15) is 40.2 Å². The Hall–Kier alpha value is -3.19. The molecule has 3 aromatic rings. The lowest BCUT2D eigenvalue weighted by Gasteiger charge is -2.33. The molecule has 206 valence electrons. The number of carbonyl (C=O) groups excluding carboxylic acids is 1. The average molecular weight is 538 g/mol. The number of hydrogen-bond acceptors (Lipinski definition) is 5. The van der Waals surface area contributed by atoms with Crippen LogP contribution in [0.3, 0.4) is 0 Å². The van der Waals surface area contributed by atoms with Crippen molar-refractivity contribution in [2.24, 2.45) is 0 Å². The van der Waals surface area contributed by atoms with E-state index < -0.39 is 8.07 Å². The SMILES string of the molecule is CCN(CC)C(=O)Oc1c(-c2cc(OC)c3c(OC)cccc3c2OC)ccc(C)c1[Si](CC)(CC)CC. The van der Waals surface area contributed by atoms with Crippen LogP contribution in [0.25, 0.3) is 21.9 Å². The van der Waals surface area contributed by atoms with Crippen LogP contribution >= 0.6 is 0 Å². The Morgan fingerprint density at radius 1 is 0.789 bits per heavy atom. The molecule has 0 aliphatic carbocycles. The number of rotatable bonds is 11. The van der Waals surface area contributed by atoms with E-state index in [1.165, 1.54) is 10.8 Å². The summed E-state index contributed by atoms with van der Waals surface area (Å²) in [6, 6.07) is 15.2. The highest BCUT2D eigenvalue weighted by atomic mass is 28.3. The van der Waals surface area contributed by atoms with Crippen LogP contribution < -0.4 is 24.1 Å². The molecule has 0 aliphatic heterocycles. The fraction of sp³-hybridized carbons (Fsp3) is 0.452. The van der Waals surface area contributed by atoms with Gasteiger partial charge in [-0.05, 0) is 43.7 Å². The van der Waals surface area contributed by atoms with Crippen molar-refractivity contribution in [1.82, 2.24) is 4.90 Å². The topological polar surface area (TPSA) is 57.2 Å². The highest BCUT2D eigenvalue weighted by Crippen LogP contribution is 2.48. The number of benzene rings is 3. The Bertz CT molecular complexity index is 1270. The number of fused-ring (bicyclic) bond motifs is 1. The zero-order valence-corrected chi connectivity index (χ0v) is 25.5. The normalized spacial score (nSPS) is 11.4. The third-order valence-corrected chi connectivity index (χ3v) is 13.9. The van der Waals surface area contributed by atoms with E-state index in [1.54, 1.807) is 26.2 Å². The number of aryl methyl sites for hydroxylation is 1. The summed E-state index contributed by atoms with van der Waals surface area (Å²) < 4.78 is 24.0. The minimum Gasteiger partial charge on any atom is -0.496 e. The third-order valence-electron chi connectivity index (χ3n) is 8.11. The van der Waals surface area contributed by atoms with Crippen LogP contribution in [-0.2, 0) is 0 Å². The van der Waals surface area contributed by atoms with Gasteiger partial charge in [0.25, 0.3) is 0 Å². The van der Waals surface area contributed by atoms with E-state index in [2.05, 4.69) is 33.8 Å². The van der Waals surface area contributed by atoms with Gasteiger partial charge in [0.15, 0.2) is 0 Å². The molecule has 0 aliphatic rings. The number of amides is 1. The molecule has 0 bridgehead atoms. The third kappa shape index (κ3) is 5.08. The van der Waals surface area contributed by atoms with Crippen molar-refractivity contribution >= 4 is 30.1 Å². The predicted octanol–water partition coefficient (Wildman–Crippen LogP) is 7.40. The summed E-state index contributed by atoms with van der Waals surface area (Å²) in [5, 5.41) is 2.93.